The Morgan fingerprint density at radius 3 is 1.27 bits per heavy atom. The van der Waals surface area contributed by atoms with Crippen molar-refractivity contribution >= 4 is 39.8 Å². The summed E-state index contributed by atoms with van der Waals surface area (Å²) in [6.07, 6.45) is 18.5. The van der Waals surface area contributed by atoms with Crippen LogP contribution in [-0.2, 0) is 38.1 Å². The van der Waals surface area contributed by atoms with Gasteiger partial charge in [-0.2, -0.15) is 0 Å². The second-order valence-electron chi connectivity index (χ2n) is 11.8. The molecule has 0 N–H and O–H groups in total. The lowest BCUT2D eigenvalue weighted by atomic mass is 9.94. The molecule has 0 bridgehead atoms. The van der Waals surface area contributed by atoms with E-state index in [0.717, 1.165) is 95.2 Å². The number of alkyl halides is 1. The maximum atomic E-state index is 13.6. The van der Waals surface area contributed by atoms with Gasteiger partial charge in [-0.1, -0.05) is 133 Å². The molecule has 0 aliphatic rings. The fourth-order valence-corrected chi connectivity index (χ4v) is 5.23. The van der Waals surface area contributed by atoms with E-state index >= 15 is 0 Å². The van der Waals surface area contributed by atoms with Crippen LogP contribution in [0.2, 0.25) is 0 Å². The number of hydrogen-bond acceptors (Lipinski definition) is 8. The number of rotatable bonds is 31. The Hall–Kier alpha value is -1.64. The average molecular weight is 692 g/mol. The maximum absolute atomic E-state index is 13.6. The quantitative estimate of drug-likeness (QED) is 0.0307. The molecule has 0 amide bonds. The summed E-state index contributed by atoms with van der Waals surface area (Å²) in [6.45, 7) is 7.00. The highest BCUT2D eigenvalue weighted by molar-refractivity contribution is 9.09. The molecule has 0 aromatic heterocycles. The van der Waals surface area contributed by atoms with Crippen molar-refractivity contribution < 1.29 is 38.1 Å². The highest BCUT2D eigenvalue weighted by atomic mass is 79.9. The summed E-state index contributed by atoms with van der Waals surface area (Å²) in [5.41, 5.74) is -2.12. The third-order valence-electron chi connectivity index (χ3n) is 7.56. The fraction of sp³-hybridized carbons (Fsp3) is 0.886. The van der Waals surface area contributed by atoms with E-state index in [1.807, 2.05) is 0 Å². The number of hydrogen-bond donors (Lipinski definition) is 0. The SMILES string of the molecule is CCCCCCCCOC(=O)CC(CC(=O)OCCCCCCCC)(OC(=O)CCCCBr)C(=O)OCCCCCCCC. The molecule has 0 fully saturated rings. The third kappa shape index (κ3) is 23.7. The summed E-state index contributed by atoms with van der Waals surface area (Å²) in [6, 6.07) is 0. The molecule has 0 rings (SSSR count). The first kappa shape index (κ1) is 42.4. The molecule has 8 nitrogen and oxygen atoms in total. The van der Waals surface area contributed by atoms with Crippen molar-refractivity contribution in [3.8, 4) is 0 Å². The van der Waals surface area contributed by atoms with Crippen molar-refractivity contribution in [1.82, 2.24) is 0 Å². The van der Waals surface area contributed by atoms with E-state index < -0.39 is 42.3 Å². The van der Waals surface area contributed by atoms with Gasteiger partial charge in [-0.25, -0.2) is 4.79 Å². The number of halogens is 1. The van der Waals surface area contributed by atoms with Crippen molar-refractivity contribution in [2.45, 2.75) is 174 Å². The lowest BCUT2D eigenvalue weighted by Crippen LogP contribution is -2.48. The normalized spacial score (nSPS) is 11.3. The van der Waals surface area contributed by atoms with E-state index in [1.54, 1.807) is 0 Å². The molecule has 0 spiro atoms. The summed E-state index contributed by atoms with van der Waals surface area (Å²) in [4.78, 5) is 52.5. The highest BCUT2D eigenvalue weighted by Gasteiger charge is 2.49. The van der Waals surface area contributed by atoms with Crippen LogP contribution in [0.3, 0.4) is 0 Å². The van der Waals surface area contributed by atoms with Gasteiger partial charge >= 0.3 is 23.9 Å². The first-order valence-electron chi connectivity index (χ1n) is 17.6. The van der Waals surface area contributed by atoms with E-state index in [2.05, 4.69) is 36.7 Å². The van der Waals surface area contributed by atoms with Crippen LogP contribution in [0.25, 0.3) is 0 Å². The minimum Gasteiger partial charge on any atom is -0.466 e. The van der Waals surface area contributed by atoms with Crippen molar-refractivity contribution in [2.75, 3.05) is 25.2 Å². The Labute approximate surface area is 276 Å². The van der Waals surface area contributed by atoms with Crippen LogP contribution in [0.4, 0.5) is 0 Å². The van der Waals surface area contributed by atoms with Gasteiger partial charge in [0.05, 0.1) is 32.7 Å². The summed E-state index contributed by atoms with van der Waals surface area (Å²) < 4.78 is 22.2. The lowest BCUT2D eigenvalue weighted by Gasteiger charge is -2.30. The summed E-state index contributed by atoms with van der Waals surface area (Å²) in [5.74, 6) is -2.96. The van der Waals surface area contributed by atoms with Crippen LogP contribution in [-0.4, -0.2) is 54.6 Å². The van der Waals surface area contributed by atoms with Crippen molar-refractivity contribution in [2.24, 2.45) is 0 Å². The Morgan fingerprint density at radius 1 is 0.477 bits per heavy atom. The first-order valence-corrected chi connectivity index (χ1v) is 18.7. The third-order valence-corrected chi connectivity index (χ3v) is 8.12. The molecule has 0 saturated heterocycles. The lowest BCUT2D eigenvalue weighted by molar-refractivity contribution is -0.191. The second-order valence-corrected chi connectivity index (χ2v) is 12.6. The zero-order valence-electron chi connectivity index (χ0n) is 28.2. The molecule has 0 unspecified atom stereocenters. The Bertz CT molecular complexity index is 710. The van der Waals surface area contributed by atoms with E-state index in [-0.39, 0.29) is 26.2 Å². The standard InChI is InChI=1S/C35H63BrO8/c1-4-7-10-13-16-21-26-41-32(38)29-35(44-31(37)24-19-20-25-36,34(40)43-28-23-18-15-12-9-6-3)30-33(39)42-27-22-17-14-11-8-5-2/h4-30H2,1-3H3. The molecule has 0 heterocycles. The molecular weight excluding hydrogens is 628 g/mol. The van der Waals surface area contributed by atoms with E-state index in [1.165, 1.54) is 12.8 Å². The number of ether oxygens (including phenoxy) is 4. The molecular formula is C35H63BrO8. The smallest absolute Gasteiger partial charge is 0.351 e. The first-order chi connectivity index (χ1) is 21.3. The van der Waals surface area contributed by atoms with Crippen molar-refractivity contribution in [3.05, 3.63) is 0 Å². The maximum Gasteiger partial charge on any atom is 0.351 e. The van der Waals surface area contributed by atoms with Crippen molar-refractivity contribution in [1.29, 1.82) is 0 Å². The molecule has 0 radical (unpaired) electrons. The Balaban J connectivity index is 5.51. The molecule has 0 aliphatic carbocycles. The van der Waals surface area contributed by atoms with E-state index in [9.17, 15) is 19.2 Å². The molecule has 258 valence electrons. The second kappa shape index (κ2) is 30.0. The van der Waals surface area contributed by atoms with Gasteiger partial charge in [0.1, 0.15) is 0 Å². The highest BCUT2D eigenvalue weighted by Crippen LogP contribution is 2.27. The summed E-state index contributed by atoms with van der Waals surface area (Å²) >= 11 is 3.35. The number of esters is 4. The van der Waals surface area contributed by atoms with Gasteiger partial charge in [0.15, 0.2) is 0 Å². The van der Waals surface area contributed by atoms with E-state index in [0.29, 0.717) is 25.7 Å². The molecule has 0 atom stereocenters. The van der Waals surface area contributed by atoms with Crippen LogP contribution in [0, 0.1) is 0 Å². The van der Waals surface area contributed by atoms with Crippen LogP contribution in [0.5, 0.6) is 0 Å². The largest absolute Gasteiger partial charge is 0.466 e. The average Bonchev–Trinajstić information content (AvgIpc) is 2.99. The minimum atomic E-state index is -2.12. The van der Waals surface area contributed by atoms with Gasteiger partial charge in [-0.05, 0) is 32.1 Å². The molecule has 0 aromatic carbocycles. The minimum absolute atomic E-state index is 0.0532. The predicted octanol–water partition coefficient (Wildman–Crippen LogP) is 9.32. The van der Waals surface area contributed by atoms with E-state index in [4.69, 9.17) is 18.9 Å². The van der Waals surface area contributed by atoms with Crippen LogP contribution in [0.15, 0.2) is 0 Å². The molecule has 0 aromatic rings. The van der Waals surface area contributed by atoms with Gasteiger partial charge in [0, 0.05) is 11.8 Å². The molecule has 0 aliphatic heterocycles. The van der Waals surface area contributed by atoms with Gasteiger partial charge in [-0.3, -0.25) is 14.4 Å². The Kier molecular flexibility index (Phi) is 28.9. The Morgan fingerprint density at radius 2 is 0.864 bits per heavy atom. The van der Waals surface area contributed by atoms with Crippen LogP contribution >= 0.6 is 15.9 Å². The zero-order chi connectivity index (χ0) is 32.7. The monoisotopic (exact) mass is 690 g/mol. The van der Waals surface area contributed by atoms with Gasteiger partial charge in [0.2, 0.25) is 5.60 Å². The van der Waals surface area contributed by atoms with Gasteiger partial charge < -0.3 is 18.9 Å². The van der Waals surface area contributed by atoms with Gasteiger partial charge in [-0.15, -0.1) is 0 Å². The predicted molar refractivity (Wildman–Crippen MR) is 179 cm³/mol. The molecule has 9 heteroatoms. The molecule has 0 saturated carbocycles. The zero-order valence-corrected chi connectivity index (χ0v) is 29.8. The van der Waals surface area contributed by atoms with Gasteiger partial charge in [0.25, 0.3) is 0 Å². The van der Waals surface area contributed by atoms with Crippen LogP contribution in [0.1, 0.15) is 168 Å². The number of carbonyl (C=O) groups is 4. The van der Waals surface area contributed by atoms with Crippen molar-refractivity contribution in [3.63, 3.8) is 0 Å². The summed E-state index contributed by atoms with van der Waals surface area (Å²) in [7, 11) is 0. The topological polar surface area (TPSA) is 105 Å². The summed E-state index contributed by atoms with van der Waals surface area (Å²) in [5, 5.41) is 0.723. The number of carbonyl (C=O) groups excluding carboxylic acids is 4. The van der Waals surface area contributed by atoms with Crippen LogP contribution < -0.4 is 0 Å². The fourth-order valence-electron chi connectivity index (χ4n) is 4.84. The number of unbranched alkanes of at least 4 members (excludes halogenated alkanes) is 16. The molecule has 44 heavy (non-hydrogen) atoms.